The molecule has 14 aromatic rings. The van der Waals surface area contributed by atoms with Gasteiger partial charge in [-0.2, -0.15) is 26.3 Å². The first-order valence-electron chi connectivity index (χ1n) is 24.6. The van der Waals surface area contributed by atoms with E-state index in [9.17, 15) is 26.3 Å². The molecule has 0 unspecified atom stereocenters. The van der Waals surface area contributed by atoms with Crippen LogP contribution in [0.3, 0.4) is 0 Å². The minimum absolute atomic E-state index is 0.466. The number of hydrogen-bond donors (Lipinski definition) is 0. The largest absolute Gasteiger partial charge is 0.454 e. The van der Waals surface area contributed by atoms with Gasteiger partial charge in [-0.15, -0.1) is 0 Å². The van der Waals surface area contributed by atoms with Crippen molar-refractivity contribution in [2.24, 2.45) is 0 Å². The van der Waals surface area contributed by atoms with E-state index in [0.717, 1.165) is 100 Å². The fraction of sp³-hybridized carbons (Fsp3) is 0.0303. The number of benzene rings is 12. The molecule has 0 saturated heterocycles. The number of halogens is 6. The third-order valence-electron chi connectivity index (χ3n) is 14.7. The number of para-hydroxylation sites is 4. The number of furan rings is 2. The van der Waals surface area contributed by atoms with Gasteiger partial charge in [0, 0.05) is 54.5 Å². The lowest BCUT2D eigenvalue weighted by atomic mass is 9.85. The van der Waals surface area contributed by atoms with Gasteiger partial charge < -0.3 is 18.6 Å². The van der Waals surface area contributed by atoms with Crippen molar-refractivity contribution in [3.05, 3.63) is 242 Å². The van der Waals surface area contributed by atoms with Crippen LogP contribution >= 0.6 is 0 Å². The van der Waals surface area contributed by atoms with Crippen LogP contribution in [0.15, 0.2) is 239 Å². The molecule has 12 aromatic carbocycles. The highest BCUT2D eigenvalue weighted by Gasteiger charge is 2.33. The topological polar surface area (TPSA) is 32.8 Å². The number of hydrogen-bond acceptors (Lipinski definition) is 4. The molecule has 0 aliphatic rings. The third kappa shape index (κ3) is 7.16. The predicted octanol–water partition coefficient (Wildman–Crippen LogP) is 20.7. The molecule has 0 atom stereocenters. The molecule has 0 aliphatic heterocycles. The van der Waals surface area contributed by atoms with Gasteiger partial charge in [0.05, 0.1) is 33.9 Å². The summed E-state index contributed by atoms with van der Waals surface area (Å²) in [6.07, 6.45) is -9.15. The smallest absolute Gasteiger partial charge is 0.416 e. The van der Waals surface area contributed by atoms with Crippen LogP contribution < -0.4 is 9.80 Å². The number of rotatable bonds is 8. The van der Waals surface area contributed by atoms with Gasteiger partial charge in [0.25, 0.3) is 0 Å². The highest BCUT2D eigenvalue weighted by Crippen LogP contribution is 2.54. The molecule has 76 heavy (non-hydrogen) atoms. The van der Waals surface area contributed by atoms with E-state index >= 15 is 0 Å². The molecule has 2 aromatic heterocycles. The summed E-state index contributed by atoms with van der Waals surface area (Å²) >= 11 is 0. The third-order valence-corrected chi connectivity index (χ3v) is 14.7. The summed E-state index contributed by atoms with van der Waals surface area (Å²) in [5, 5.41) is 8.60. The lowest BCUT2D eigenvalue weighted by Crippen LogP contribution is -2.13. The molecule has 0 bridgehead atoms. The molecule has 2 heterocycles. The molecular formula is C66H38F6N2O2. The minimum atomic E-state index is -4.58. The molecule has 0 fully saturated rings. The van der Waals surface area contributed by atoms with Crippen LogP contribution in [0.2, 0.25) is 0 Å². The van der Waals surface area contributed by atoms with Crippen LogP contribution in [-0.4, -0.2) is 0 Å². The predicted molar refractivity (Wildman–Crippen MR) is 295 cm³/mol. The molecule has 0 N–H and O–H groups in total. The number of fused-ring (bicyclic) bond motifs is 6. The molecule has 0 radical (unpaired) electrons. The highest BCUT2D eigenvalue weighted by molar-refractivity contribution is 6.33. The van der Waals surface area contributed by atoms with E-state index in [4.69, 9.17) is 8.83 Å². The first-order chi connectivity index (χ1) is 37.0. The molecule has 0 amide bonds. The lowest BCUT2D eigenvalue weighted by Gasteiger charge is -2.31. The van der Waals surface area contributed by atoms with Crippen molar-refractivity contribution in [1.82, 2.24) is 0 Å². The Bertz CT molecular complexity index is 4250. The Hall–Kier alpha value is -9.54. The maximum absolute atomic E-state index is 14.3. The van der Waals surface area contributed by atoms with Crippen LogP contribution in [-0.2, 0) is 12.4 Å². The van der Waals surface area contributed by atoms with Crippen molar-refractivity contribution in [2.45, 2.75) is 12.4 Å². The molecule has 0 saturated carbocycles. The first kappa shape index (κ1) is 45.1. The van der Waals surface area contributed by atoms with Gasteiger partial charge in [-0.05, 0) is 118 Å². The summed E-state index contributed by atoms with van der Waals surface area (Å²) in [5.41, 5.74) is 7.90. The molecule has 10 heteroatoms. The van der Waals surface area contributed by atoms with E-state index in [0.29, 0.717) is 56.5 Å². The zero-order valence-corrected chi connectivity index (χ0v) is 39.9. The Morgan fingerprint density at radius 3 is 1.04 bits per heavy atom. The van der Waals surface area contributed by atoms with Crippen molar-refractivity contribution in [2.75, 3.05) is 9.80 Å². The fourth-order valence-electron chi connectivity index (χ4n) is 11.3. The van der Waals surface area contributed by atoms with Crippen molar-refractivity contribution in [3.63, 3.8) is 0 Å². The lowest BCUT2D eigenvalue weighted by molar-refractivity contribution is -0.138. The Morgan fingerprint density at radius 2 is 0.645 bits per heavy atom. The summed E-state index contributed by atoms with van der Waals surface area (Å²) in [4.78, 5) is 3.97. The second kappa shape index (κ2) is 17.0. The van der Waals surface area contributed by atoms with Crippen molar-refractivity contribution in [3.8, 4) is 22.3 Å². The van der Waals surface area contributed by atoms with Crippen molar-refractivity contribution < 1.29 is 35.2 Å². The van der Waals surface area contributed by atoms with Crippen molar-refractivity contribution >= 4 is 110 Å². The van der Waals surface area contributed by atoms with Gasteiger partial charge in [-0.25, -0.2) is 0 Å². The Morgan fingerprint density at radius 1 is 0.289 bits per heavy atom. The molecular weight excluding hydrogens is 967 g/mol. The number of alkyl halides is 6. The second-order valence-electron chi connectivity index (χ2n) is 19.0. The monoisotopic (exact) mass is 1000 g/mol. The Balaban J connectivity index is 1.13. The van der Waals surface area contributed by atoms with Gasteiger partial charge in [-0.1, -0.05) is 146 Å². The van der Waals surface area contributed by atoms with Gasteiger partial charge in [0.1, 0.15) is 11.2 Å². The molecule has 4 nitrogen and oxygen atoms in total. The summed E-state index contributed by atoms with van der Waals surface area (Å²) in [5.74, 6) is 0. The van der Waals surface area contributed by atoms with E-state index in [1.807, 2.05) is 155 Å². The summed E-state index contributed by atoms with van der Waals surface area (Å²) < 4.78 is 99.4. The van der Waals surface area contributed by atoms with E-state index in [1.54, 1.807) is 0 Å². The van der Waals surface area contributed by atoms with E-state index in [-0.39, 0.29) is 0 Å². The fourth-order valence-corrected chi connectivity index (χ4v) is 11.3. The Labute approximate surface area is 429 Å². The SMILES string of the molecule is FC(F)(F)c1ccc(N(c2cc(-c3ccccc3)c3ccc4c(N(c5ccc(C(F)(F)F)cc5)c5cccc6c5oc5ccccc56)cc(-c5ccccc5)c5ccc2c3c54)c2cccc3c2oc2ccccc23)cc1. The van der Waals surface area contributed by atoms with E-state index in [2.05, 4.69) is 36.4 Å². The molecule has 0 aliphatic carbocycles. The van der Waals surface area contributed by atoms with Crippen LogP contribution in [0.4, 0.5) is 60.5 Å². The minimum Gasteiger partial charge on any atom is -0.454 e. The average molecular weight is 1010 g/mol. The van der Waals surface area contributed by atoms with Crippen LogP contribution in [0, 0.1) is 0 Å². The summed E-state index contributed by atoms with van der Waals surface area (Å²) in [6, 6.07) is 70.1. The molecule has 366 valence electrons. The number of nitrogens with zero attached hydrogens (tertiary/aromatic N) is 2. The van der Waals surface area contributed by atoms with E-state index in [1.165, 1.54) is 24.3 Å². The first-order valence-corrected chi connectivity index (χ1v) is 24.6. The van der Waals surface area contributed by atoms with Gasteiger partial charge >= 0.3 is 12.4 Å². The summed E-state index contributed by atoms with van der Waals surface area (Å²) in [7, 11) is 0. The standard InChI is InChI=1S/C66H38F6N2O2/c67-65(68,69)41-25-29-43(30-26-41)73(55-21-11-19-49-45-17-7-9-23-59(45)75-63(49)55)57-37-53(39-13-3-1-4-14-39)47-33-35-52-58(38-54(40-15-5-2-6-16-40)48-34-36-51(57)61(47)62(48)52)74(44-31-27-42(28-32-44)66(70,71)72)56-22-12-20-50-46-18-8-10-24-60(46)76-64(50)56/h1-38H. The highest BCUT2D eigenvalue weighted by atomic mass is 19.4. The van der Waals surface area contributed by atoms with Crippen LogP contribution in [0.25, 0.3) is 98.4 Å². The maximum atomic E-state index is 14.3. The van der Waals surface area contributed by atoms with E-state index < -0.39 is 23.5 Å². The normalized spacial score (nSPS) is 12.3. The van der Waals surface area contributed by atoms with Crippen molar-refractivity contribution in [1.29, 1.82) is 0 Å². The van der Waals surface area contributed by atoms with Crippen LogP contribution in [0.5, 0.6) is 0 Å². The zero-order valence-electron chi connectivity index (χ0n) is 39.9. The zero-order chi connectivity index (χ0) is 51.5. The quantitative estimate of drug-likeness (QED) is 0.112. The second-order valence-corrected chi connectivity index (χ2v) is 19.0. The average Bonchev–Trinajstić information content (AvgIpc) is 4.07. The molecule has 14 rings (SSSR count). The number of anilines is 6. The summed E-state index contributed by atoms with van der Waals surface area (Å²) in [6.45, 7) is 0. The van der Waals surface area contributed by atoms with Gasteiger partial charge in [-0.3, -0.25) is 0 Å². The van der Waals surface area contributed by atoms with Gasteiger partial charge in [0.15, 0.2) is 11.2 Å². The van der Waals surface area contributed by atoms with Crippen LogP contribution in [0.1, 0.15) is 11.1 Å². The maximum Gasteiger partial charge on any atom is 0.416 e. The Kier molecular flexibility index (Phi) is 10.1. The van der Waals surface area contributed by atoms with Gasteiger partial charge in [0.2, 0.25) is 0 Å². The molecule has 0 spiro atoms.